The number of rotatable bonds is 5. The fourth-order valence-electron chi connectivity index (χ4n) is 2.13. The number of aromatic nitrogens is 1. The number of aliphatic carboxylic acids is 1. The molecule has 4 heteroatoms. The molecule has 1 heterocycles. The maximum Gasteiger partial charge on any atom is 0.306 e. The van der Waals surface area contributed by atoms with Gasteiger partial charge < -0.3 is 14.8 Å². The summed E-state index contributed by atoms with van der Waals surface area (Å²) in [4.78, 5) is 14.2. The fraction of sp³-hybridized carbons (Fsp3) is 0.357. The summed E-state index contributed by atoms with van der Waals surface area (Å²) >= 11 is 0. The van der Waals surface area contributed by atoms with Crippen LogP contribution in [0.5, 0.6) is 5.75 Å². The fourth-order valence-corrected chi connectivity index (χ4v) is 2.13. The molecule has 1 atom stereocenters. The maximum absolute atomic E-state index is 11.1. The predicted molar refractivity (Wildman–Crippen MR) is 70.0 cm³/mol. The molecule has 0 aliphatic carbocycles. The molecule has 0 fully saturated rings. The van der Waals surface area contributed by atoms with E-state index < -0.39 is 5.97 Å². The second kappa shape index (κ2) is 5.12. The molecule has 18 heavy (non-hydrogen) atoms. The van der Waals surface area contributed by atoms with Crippen molar-refractivity contribution in [2.24, 2.45) is 5.92 Å². The van der Waals surface area contributed by atoms with E-state index in [0.29, 0.717) is 12.8 Å². The average Bonchev–Trinajstić information content (AvgIpc) is 2.77. The quantitative estimate of drug-likeness (QED) is 0.854. The van der Waals surface area contributed by atoms with Crippen LogP contribution in [0.1, 0.15) is 18.9 Å². The molecule has 0 saturated carbocycles. The first-order chi connectivity index (χ1) is 8.65. The number of hydrogen-bond donors (Lipinski definition) is 2. The first-order valence-electron chi connectivity index (χ1n) is 6.02. The van der Waals surface area contributed by atoms with Crippen LogP contribution in [0.4, 0.5) is 0 Å². The number of carboxylic acids is 1. The van der Waals surface area contributed by atoms with E-state index in [9.17, 15) is 4.79 Å². The summed E-state index contributed by atoms with van der Waals surface area (Å²) in [6, 6.07) is 5.77. The van der Waals surface area contributed by atoms with Crippen molar-refractivity contribution >= 4 is 16.9 Å². The van der Waals surface area contributed by atoms with E-state index in [2.05, 4.69) is 4.98 Å². The van der Waals surface area contributed by atoms with Crippen molar-refractivity contribution in [2.45, 2.75) is 19.8 Å². The Bertz CT molecular complexity index is 559. The van der Waals surface area contributed by atoms with E-state index in [4.69, 9.17) is 9.84 Å². The van der Waals surface area contributed by atoms with E-state index in [1.165, 1.54) is 0 Å². The SMILES string of the molecule is CCC(Cc1c[nH]c2cc(OC)ccc12)C(=O)O. The van der Waals surface area contributed by atoms with E-state index in [1.807, 2.05) is 31.3 Å². The Kier molecular flexibility index (Phi) is 3.55. The summed E-state index contributed by atoms with van der Waals surface area (Å²) in [6.07, 6.45) is 3.08. The lowest BCUT2D eigenvalue weighted by atomic mass is 9.97. The van der Waals surface area contributed by atoms with Crippen LogP contribution in [-0.4, -0.2) is 23.2 Å². The number of aromatic amines is 1. The van der Waals surface area contributed by atoms with E-state index in [1.54, 1.807) is 7.11 Å². The first-order valence-corrected chi connectivity index (χ1v) is 6.02. The van der Waals surface area contributed by atoms with Gasteiger partial charge in [0.15, 0.2) is 0 Å². The van der Waals surface area contributed by atoms with Gasteiger partial charge in [0.25, 0.3) is 0 Å². The number of methoxy groups -OCH3 is 1. The summed E-state index contributed by atoms with van der Waals surface area (Å²) in [7, 11) is 1.63. The minimum Gasteiger partial charge on any atom is -0.497 e. The molecule has 0 aliphatic heterocycles. The number of hydrogen-bond acceptors (Lipinski definition) is 2. The smallest absolute Gasteiger partial charge is 0.306 e. The lowest BCUT2D eigenvalue weighted by Gasteiger charge is -2.08. The predicted octanol–water partition coefficient (Wildman–Crippen LogP) is 2.83. The number of ether oxygens (including phenoxy) is 1. The average molecular weight is 247 g/mol. The molecule has 0 aliphatic rings. The molecule has 96 valence electrons. The van der Waals surface area contributed by atoms with Crippen LogP contribution < -0.4 is 4.74 Å². The van der Waals surface area contributed by atoms with Crippen molar-refractivity contribution in [3.63, 3.8) is 0 Å². The third-order valence-corrected chi connectivity index (χ3v) is 3.28. The standard InChI is InChI=1S/C14H17NO3/c1-3-9(14(16)17)6-10-8-15-13-7-11(18-2)4-5-12(10)13/h4-5,7-9,15H,3,6H2,1-2H3,(H,16,17). The number of carbonyl (C=O) groups is 1. The summed E-state index contributed by atoms with van der Waals surface area (Å²) < 4.78 is 5.16. The highest BCUT2D eigenvalue weighted by Gasteiger charge is 2.17. The molecular formula is C14H17NO3. The van der Waals surface area contributed by atoms with Crippen LogP contribution in [0.3, 0.4) is 0 Å². The normalized spacial score (nSPS) is 12.6. The van der Waals surface area contributed by atoms with Gasteiger partial charge in [-0.15, -0.1) is 0 Å². The molecule has 2 aromatic rings. The number of carboxylic acid groups (broad SMARTS) is 1. The van der Waals surface area contributed by atoms with E-state index in [-0.39, 0.29) is 5.92 Å². The molecule has 1 aromatic carbocycles. The van der Waals surface area contributed by atoms with Gasteiger partial charge in [0.05, 0.1) is 13.0 Å². The Morgan fingerprint density at radius 2 is 2.28 bits per heavy atom. The molecule has 0 spiro atoms. The van der Waals surface area contributed by atoms with Gasteiger partial charge >= 0.3 is 5.97 Å². The van der Waals surface area contributed by atoms with Crippen molar-refractivity contribution < 1.29 is 14.6 Å². The molecule has 4 nitrogen and oxygen atoms in total. The molecule has 2 rings (SSSR count). The molecular weight excluding hydrogens is 230 g/mol. The van der Waals surface area contributed by atoms with Crippen LogP contribution in [-0.2, 0) is 11.2 Å². The highest BCUT2D eigenvalue weighted by Crippen LogP contribution is 2.25. The third-order valence-electron chi connectivity index (χ3n) is 3.28. The highest BCUT2D eigenvalue weighted by atomic mass is 16.5. The van der Waals surface area contributed by atoms with Crippen LogP contribution in [0.25, 0.3) is 10.9 Å². The third kappa shape index (κ3) is 2.32. The van der Waals surface area contributed by atoms with Crippen LogP contribution in [0, 0.1) is 5.92 Å². The number of fused-ring (bicyclic) bond motifs is 1. The maximum atomic E-state index is 11.1. The van der Waals surface area contributed by atoms with Gasteiger partial charge in [0.1, 0.15) is 5.75 Å². The van der Waals surface area contributed by atoms with Crippen molar-refractivity contribution in [1.82, 2.24) is 4.98 Å². The topological polar surface area (TPSA) is 62.3 Å². The minimum atomic E-state index is -0.736. The zero-order valence-corrected chi connectivity index (χ0v) is 10.6. The largest absolute Gasteiger partial charge is 0.497 e. The monoisotopic (exact) mass is 247 g/mol. The van der Waals surface area contributed by atoms with Gasteiger partial charge in [0.2, 0.25) is 0 Å². The molecule has 0 bridgehead atoms. The minimum absolute atomic E-state index is 0.328. The van der Waals surface area contributed by atoms with Gasteiger partial charge in [-0.05, 0) is 30.5 Å². The van der Waals surface area contributed by atoms with Gasteiger partial charge in [-0.1, -0.05) is 6.92 Å². The Morgan fingerprint density at radius 3 is 2.89 bits per heavy atom. The highest BCUT2D eigenvalue weighted by molar-refractivity contribution is 5.85. The van der Waals surface area contributed by atoms with Crippen molar-refractivity contribution in [3.8, 4) is 5.75 Å². The zero-order chi connectivity index (χ0) is 13.1. The summed E-state index contributed by atoms with van der Waals surface area (Å²) in [5, 5.41) is 10.2. The van der Waals surface area contributed by atoms with Crippen LogP contribution in [0.15, 0.2) is 24.4 Å². The molecule has 0 saturated heterocycles. The molecule has 1 unspecified atom stereocenters. The van der Waals surface area contributed by atoms with E-state index >= 15 is 0 Å². The summed E-state index contributed by atoms with van der Waals surface area (Å²) in [5.74, 6) is -0.271. The Morgan fingerprint density at radius 1 is 1.50 bits per heavy atom. The van der Waals surface area contributed by atoms with Crippen molar-refractivity contribution in [2.75, 3.05) is 7.11 Å². The van der Waals surface area contributed by atoms with Crippen molar-refractivity contribution in [3.05, 3.63) is 30.0 Å². The zero-order valence-electron chi connectivity index (χ0n) is 10.6. The Balaban J connectivity index is 2.32. The second-order valence-corrected chi connectivity index (χ2v) is 4.37. The van der Waals surface area contributed by atoms with E-state index in [0.717, 1.165) is 22.2 Å². The van der Waals surface area contributed by atoms with Gasteiger partial charge in [-0.2, -0.15) is 0 Å². The van der Waals surface area contributed by atoms with Gasteiger partial charge in [-0.3, -0.25) is 4.79 Å². The lowest BCUT2D eigenvalue weighted by molar-refractivity contribution is -0.141. The number of benzene rings is 1. The number of nitrogens with one attached hydrogen (secondary N) is 1. The first kappa shape index (κ1) is 12.5. The summed E-state index contributed by atoms with van der Waals surface area (Å²) in [6.45, 7) is 1.90. The molecule has 0 radical (unpaired) electrons. The van der Waals surface area contributed by atoms with Gasteiger partial charge in [0, 0.05) is 23.2 Å². The Labute approximate surface area is 106 Å². The second-order valence-electron chi connectivity index (χ2n) is 4.37. The lowest BCUT2D eigenvalue weighted by Crippen LogP contribution is -2.15. The van der Waals surface area contributed by atoms with Crippen LogP contribution >= 0.6 is 0 Å². The van der Waals surface area contributed by atoms with Crippen molar-refractivity contribution in [1.29, 1.82) is 0 Å². The van der Waals surface area contributed by atoms with Gasteiger partial charge in [-0.25, -0.2) is 0 Å². The molecule has 2 N–H and O–H groups in total. The summed E-state index contributed by atoms with van der Waals surface area (Å²) in [5.41, 5.74) is 2.02. The van der Waals surface area contributed by atoms with Crippen LogP contribution in [0.2, 0.25) is 0 Å². The Hall–Kier alpha value is -1.97. The molecule has 0 amide bonds. The number of H-pyrrole nitrogens is 1. The molecule has 1 aromatic heterocycles.